The molecular formula is C12H18O4S. The van der Waals surface area contributed by atoms with E-state index in [1.807, 2.05) is 0 Å². The molecule has 0 bridgehead atoms. The van der Waals surface area contributed by atoms with Gasteiger partial charge in [0.2, 0.25) is 0 Å². The van der Waals surface area contributed by atoms with Crippen LogP contribution < -0.4 is 0 Å². The van der Waals surface area contributed by atoms with Crippen molar-refractivity contribution in [2.24, 2.45) is 5.92 Å². The van der Waals surface area contributed by atoms with E-state index in [2.05, 4.69) is 0 Å². The molecule has 0 saturated heterocycles. The van der Waals surface area contributed by atoms with Crippen molar-refractivity contribution in [2.75, 3.05) is 6.26 Å². The molecule has 0 radical (unpaired) electrons. The summed E-state index contributed by atoms with van der Waals surface area (Å²) in [7, 11) is -3.00. The third kappa shape index (κ3) is 2.90. The van der Waals surface area contributed by atoms with E-state index >= 15 is 0 Å². The second-order valence-corrected chi connectivity index (χ2v) is 7.21. The lowest BCUT2D eigenvalue weighted by atomic mass is 9.83. The molecule has 0 amide bonds. The maximum Gasteiger partial charge on any atom is 0.150 e. The molecule has 0 spiro atoms. The number of furan rings is 1. The van der Waals surface area contributed by atoms with Crippen LogP contribution in [0.25, 0.3) is 0 Å². The predicted molar refractivity (Wildman–Crippen MR) is 64.3 cm³/mol. The van der Waals surface area contributed by atoms with Crippen molar-refractivity contribution in [3.63, 3.8) is 0 Å². The minimum Gasteiger partial charge on any atom is -0.472 e. The van der Waals surface area contributed by atoms with Crippen LogP contribution in [0.3, 0.4) is 0 Å². The number of rotatable bonds is 3. The quantitative estimate of drug-likeness (QED) is 0.899. The summed E-state index contributed by atoms with van der Waals surface area (Å²) in [5, 5.41) is 9.86. The zero-order valence-corrected chi connectivity index (χ0v) is 10.7. The fourth-order valence-electron chi connectivity index (χ4n) is 2.57. The summed E-state index contributed by atoms with van der Waals surface area (Å²) in [5.41, 5.74) is 0.740. The first-order valence-corrected chi connectivity index (χ1v) is 7.83. The van der Waals surface area contributed by atoms with Crippen LogP contribution in [0.15, 0.2) is 23.0 Å². The highest BCUT2D eigenvalue weighted by atomic mass is 32.2. The molecular weight excluding hydrogens is 240 g/mol. The molecule has 1 aliphatic rings. The lowest BCUT2D eigenvalue weighted by molar-refractivity contribution is 0.0851. The second kappa shape index (κ2) is 4.82. The SMILES string of the molecule is CS(=O)(=O)C1CCCC(C(O)c2ccoc2)C1. The highest BCUT2D eigenvalue weighted by molar-refractivity contribution is 7.91. The molecule has 1 fully saturated rings. The van der Waals surface area contributed by atoms with Crippen LogP contribution in [0.1, 0.15) is 37.4 Å². The fraction of sp³-hybridized carbons (Fsp3) is 0.667. The third-order valence-corrected chi connectivity index (χ3v) is 5.24. The van der Waals surface area contributed by atoms with E-state index in [9.17, 15) is 13.5 Å². The average Bonchev–Trinajstić information content (AvgIpc) is 2.80. The number of aliphatic hydroxyl groups is 1. The topological polar surface area (TPSA) is 67.5 Å². The Morgan fingerprint density at radius 3 is 2.82 bits per heavy atom. The van der Waals surface area contributed by atoms with Gasteiger partial charge in [-0.25, -0.2) is 8.42 Å². The van der Waals surface area contributed by atoms with E-state index in [1.165, 1.54) is 18.8 Å². The van der Waals surface area contributed by atoms with Gasteiger partial charge in [-0.2, -0.15) is 0 Å². The molecule has 5 heteroatoms. The molecule has 4 nitrogen and oxygen atoms in total. The summed E-state index contributed by atoms with van der Waals surface area (Å²) in [6.45, 7) is 0. The molecule has 0 aromatic carbocycles. The molecule has 96 valence electrons. The third-order valence-electron chi connectivity index (χ3n) is 3.60. The van der Waals surface area contributed by atoms with Crippen molar-refractivity contribution in [1.29, 1.82) is 0 Å². The molecule has 1 N–H and O–H groups in total. The van der Waals surface area contributed by atoms with Crippen LogP contribution >= 0.6 is 0 Å². The number of sulfone groups is 1. The maximum atomic E-state index is 11.5. The number of aliphatic hydroxyl groups excluding tert-OH is 1. The van der Waals surface area contributed by atoms with E-state index in [-0.39, 0.29) is 11.2 Å². The lowest BCUT2D eigenvalue weighted by Crippen LogP contribution is -2.30. The van der Waals surface area contributed by atoms with Crippen LogP contribution in [0.2, 0.25) is 0 Å². The number of hydrogen-bond donors (Lipinski definition) is 1. The van der Waals surface area contributed by atoms with E-state index in [1.54, 1.807) is 6.07 Å². The fourth-order valence-corrected chi connectivity index (χ4v) is 3.76. The van der Waals surface area contributed by atoms with Gasteiger partial charge in [0.05, 0.1) is 23.9 Å². The van der Waals surface area contributed by atoms with Crippen molar-refractivity contribution < 1.29 is 17.9 Å². The smallest absolute Gasteiger partial charge is 0.150 e. The van der Waals surface area contributed by atoms with Gasteiger partial charge in [0.25, 0.3) is 0 Å². The molecule has 0 aliphatic heterocycles. The van der Waals surface area contributed by atoms with Crippen molar-refractivity contribution in [1.82, 2.24) is 0 Å². The number of hydrogen-bond acceptors (Lipinski definition) is 4. The van der Waals surface area contributed by atoms with Crippen LogP contribution in [0, 0.1) is 5.92 Å². The van der Waals surface area contributed by atoms with E-state index in [0.717, 1.165) is 18.4 Å². The van der Waals surface area contributed by atoms with Gasteiger partial charge in [0.15, 0.2) is 0 Å². The van der Waals surface area contributed by atoms with Gasteiger partial charge < -0.3 is 9.52 Å². The normalized spacial score (nSPS) is 27.9. The lowest BCUT2D eigenvalue weighted by Gasteiger charge is -2.30. The summed E-state index contributed by atoms with van der Waals surface area (Å²) < 4.78 is 28.0. The first kappa shape index (κ1) is 12.6. The van der Waals surface area contributed by atoms with E-state index < -0.39 is 15.9 Å². The Morgan fingerprint density at radius 1 is 1.47 bits per heavy atom. The standard InChI is InChI=1S/C12H18O4S/c1-17(14,15)11-4-2-3-9(7-11)12(13)10-5-6-16-8-10/h5-6,8-9,11-13H,2-4,7H2,1H3. The van der Waals surface area contributed by atoms with Crippen molar-refractivity contribution in [2.45, 2.75) is 37.0 Å². The van der Waals surface area contributed by atoms with Gasteiger partial charge in [0.1, 0.15) is 9.84 Å². The Hall–Kier alpha value is -0.810. The Balaban J connectivity index is 2.07. The van der Waals surface area contributed by atoms with E-state index in [4.69, 9.17) is 4.42 Å². The summed E-state index contributed by atoms with van der Waals surface area (Å²) in [6.07, 6.45) is 6.71. The summed E-state index contributed by atoms with van der Waals surface area (Å²) in [6, 6.07) is 1.73. The predicted octanol–water partition coefficient (Wildman–Crippen LogP) is 1.92. The molecule has 3 unspecified atom stereocenters. The Labute approximate surface area is 102 Å². The van der Waals surface area contributed by atoms with Crippen molar-refractivity contribution in [3.8, 4) is 0 Å². The highest BCUT2D eigenvalue weighted by Gasteiger charge is 2.33. The zero-order valence-electron chi connectivity index (χ0n) is 9.87. The van der Waals surface area contributed by atoms with Gasteiger partial charge in [-0.3, -0.25) is 0 Å². The zero-order chi connectivity index (χ0) is 12.5. The van der Waals surface area contributed by atoms with Crippen LogP contribution in [-0.4, -0.2) is 25.0 Å². The highest BCUT2D eigenvalue weighted by Crippen LogP contribution is 2.36. The molecule has 17 heavy (non-hydrogen) atoms. The molecule has 1 aromatic rings. The molecule has 1 saturated carbocycles. The van der Waals surface area contributed by atoms with Crippen LogP contribution in [-0.2, 0) is 9.84 Å². The molecule has 1 heterocycles. The summed E-state index contributed by atoms with van der Waals surface area (Å²) >= 11 is 0. The Morgan fingerprint density at radius 2 is 2.24 bits per heavy atom. The largest absolute Gasteiger partial charge is 0.472 e. The average molecular weight is 258 g/mol. The van der Waals surface area contributed by atoms with Crippen molar-refractivity contribution in [3.05, 3.63) is 24.2 Å². The van der Waals surface area contributed by atoms with Crippen LogP contribution in [0.5, 0.6) is 0 Å². The second-order valence-electron chi connectivity index (χ2n) is 4.88. The Bertz CT molecular complexity index is 449. The minimum absolute atomic E-state index is 0.0149. The van der Waals surface area contributed by atoms with Gasteiger partial charge in [0, 0.05) is 11.8 Å². The van der Waals surface area contributed by atoms with Crippen LogP contribution in [0.4, 0.5) is 0 Å². The van der Waals surface area contributed by atoms with Gasteiger partial charge >= 0.3 is 0 Å². The van der Waals surface area contributed by atoms with Gasteiger partial charge in [-0.1, -0.05) is 6.42 Å². The maximum absolute atomic E-state index is 11.5. The molecule has 1 aromatic heterocycles. The van der Waals surface area contributed by atoms with Gasteiger partial charge in [-0.15, -0.1) is 0 Å². The first-order chi connectivity index (χ1) is 7.98. The van der Waals surface area contributed by atoms with Crippen molar-refractivity contribution >= 4 is 9.84 Å². The molecule has 2 rings (SSSR count). The molecule has 3 atom stereocenters. The summed E-state index contributed by atoms with van der Waals surface area (Å²) in [5.74, 6) is 0.0149. The first-order valence-electron chi connectivity index (χ1n) is 5.87. The molecule has 1 aliphatic carbocycles. The minimum atomic E-state index is -3.00. The van der Waals surface area contributed by atoms with E-state index in [0.29, 0.717) is 12.8 Å². The monoisotopic (exact) mass is 258 g/mol. The Kier molecular flexibility index (Phi) is 3.58. The summed E-state index contributed by atoms with van der Waals surface area (Å²) in [4.78, 5) is 0. The van der Waals surface area contributed by atoms with Gasteiger partial charge in [-0.05, 0) is 31.2 Å².